The summed E-state index contributed by atoms with van der Waals surface area (Å²) in [6.45, 7) is 2.20. The molecular formula is C11H11Br2N. The van der Waals surface area contributed by atoms with E-state index in [1.807, 2.05) is 0 Å². The molecule has 1 N–H and O–H groups in total. The molecule has 1 nitrogen and oxygen atoms in total. The molecule has 0 atom stereocenters. The van der Waals surface area contributed by atoms with E-state index in [1.165, 1.54) is 22.9 Å². The lowest BCUT2D eigenvalue weighted by molar-refractivity contribution is 0.923. The van der Waals surface area contributed by atoms with Crippen LogP contribution in [0.15, 0.2) is 27.3 Å². The minimum Gasteiger partial charge on any atom is -0.349 e. The molecule has 0 aliphatic heterocycles. The summed E-state index contributed by atoms with van der Waals surface area (Å²) in [5.41, 5.74) is 2.57. The van der Waals surface area contributed by atoms with Gasteiger partial charge in [-0.05, 0) is 40.0 Å². The zero-order valence-corrected chi connectivity index (χ0v) is 11.1. The summed E-state index contributed by atoms with van der Waals surface area (Å²) in [5.74, 6) is 0. The monoisotopic (exact) mass is 315 g/mol. The summed E-state index contributed by atoms with van der Waals surface area (Å²) in [5, 5.41) is 1.32. The summed E-state index contributed by atoms with van der Waals surface area (Å²) in [6, 6.07) is 6.35. The van der Waals surface area contributed by atoms with Crippen molar-refractivity contribution in [3.05, 3.63) is 32.8 Å². The van der Waals surface area contributed by atoms with E-state index in [0.717, 1.165) is 15.5 Å². The third kappa shape index (κ3) is 1.75. The van der Waals surface area contributed by atoms with Gasteiger partial charge in [0.25, 0.3) is 0 Å². The highest BCUT2D eigenvalue weighted by Crippen LogP contribution is 2.29. The van der Waals surface area contributed by atoms with Crippen molar-refractivity contribution in [2.45, 2.75) is 19.8 Å². The van der Waals surface area contributed by atoms with Gasteiger partial charge in [0.05, 0.1) is 4.60 Å². The Bertz CT molecular complexity index is 460. The van der Waals surface area contributed by atoms with Crippen LogP contribution in [0.4, 0.5) is 0 Å². The van der Waals surface area contributed by atoms with Crippen molar-refractivity contribution in [1.82, 2.24) is 4.98 Å². The first-order chi connectivity index (χ1) is 6.72. The maximum Gasteiger partial charge on any atom is 0.0863 e. The lowest BCUT2D eigenvalue weighted by Crippen LogP contribution is -1.80. The summed E-state index contributed by atoms with van der Waals surface area (Å²) in [7, 11) is 0. The molecule has 0 aliphatic carbocycles. The van der Waals surface area contributed by atoms with E-state index in [4.69, 9.17) is 0 Å². The maximum atomic E-state index is 3.56. The van der Waals surface area contributed by atoms with E-state index >= 15 is 0 Å². The maximum absolute atomic E-state index is 3.56. The fraction of sp³-hybridized carbons (Fsp3) is 0.273. The lowest BCUT2D eigenvalue weighted by atomic mass is 10.1. The summed E-state index contributed by atoms with van der Waals surface area (Å²) in [4.78, 5) is 3.34. The Balaban J connectivity index is 2.64. The molecule has 0 saturated heterocycles. The molecule has 14 heavy (non-hydrogen) atoms. The van der Waals surface area contributed by atoms with Crippen LogP contribution in [0.5, 0.6) is 0 Å². The van der Waals surface area contributed by atoms with Crippen LogP contribution in [-0.2, 0) is 6.42 Å². The first-order valence-corrected chi connectivity index (χ1v) is 6.26. The van der Waals surface area contributed by atoms with Gasteiger partial charge in [0.1, 0.15) is 0 Å². The summed E-state index contributed by atoms with van der Waals surface area (Å²) in [6.07, 6.45) is 2.28. The van der Waals surface area contributed by atoms with E-state index in [1.54, 1.807) is 0 Å². The number of H-pyrrole nitrogens is 1. The Morgan fingerprint density at radius 1 is 1.29 bits per heavy atom. The third-order valence-corrected chi connectivity index (χ3v) is 3.49. The molecule has 0 radical (unpaired) electrons. The van der Waals surface area contributed by atoms with Gasteiger partial charge in [-0.15, -0.1) is 0 Å². The average molecular weight is 317 g/mol. The fourth-order valence-corrected chi connectivity index (χ4v) is 2.68. The molecule has 1 aromatic heterocycles. The number of hydrogen-bond acceptors (Lipinski definition) is 0. The Kier molecular flexibility index (Phi) is 2.98. The molecule has 3 heteroatoms. The predicted molar refractivity (Wildman–Crippen MR) is 67.7 cm³/mol. The number of nitrogens with one attached hydrogen (secondary N) is 1. The van der Waals surface area contributed by atoms with Gasteiger partial charge in [-0.2, -0.15) is 0 Å². The van der Waals surface area contributed by atoms with Gasteiger partial charge in [0.15, 0.2) is 0 Å². The van der Waals surface area contributed by atoms with Crippen molar-refractivity contribution in [1.29, 1.82) is 0 Å². The molecule has 0 bridgehead atoms. The zero-order valence-electron chi connectivity index (χ0n) is 7.90. The highest BCUT2D eigenvalue weighted by Gasteiger charge is 2.08. The van der Waals surface area contributed by atoms with E-state index in [0.29, 0.717) is 0 Å². The van der Waals surface area contributed by atoms with Crippen LogP contribution in [0.25, 0.3) is 10.9 Å². The number of hydrogen-bond donors (Lipinski definition) is 1. The smallest absolute Gasteiger partial charge is 0.0863 e. The average Bonchev–Trinajstić information content (AvgIpc) is 2.43. The highest BCUT2D eigenvalue weighted by atomic mass is 79.9. The summed E-state index contributed by atoms with van der Waals surface area (Å²) < 4.78 is 2.23. The molecule has 74 valence electrons. The molecule has 1 aromatic carbocycles. The second-order valence-corrected chi connectivity index (χ2v) is 5.07. The van der Waals surface area contributed by atoms with Gasteiger partial charge in [-0.25, -0.2) is 0 Å². The Morgan fingerprint density at radius 3 is 2.79 bits per heavy atom. The van der Waals surface area contributed by atoms with Crippen LogP contribution >= 0.6 is 31.9 Å². The molecule has 2 aromatic rings. The van der Waals surface area contributed by atoms with E-state index < -0.39 is 0 Å². The second-order valence-electron chi connectivity index (χ2n) is 3.36. The van der Waals surface area contributed by atoms with Gasteiger partial charge in [0.2, 0.25) is 0 Å². The van der Waals surface area contributed by atoms with Crippen LogP contribution in [0.3, 0.4) is 0 Å². The number of aromatic nitrogens is 1. The van der Waals surface area contributed by atoms with Crippen molar-refractivity contribution < 1.29 is 0 Å². The number of benzene rings is 1. The minimum absolute atomic E-state index is 1.11. The second kappa shape index (κ2) is 4.07. The number of halogens is 2. The van der Waals surface area contributed by atoms with Crippen molar-refractivity contribution in [2.24, 2.45) is 0 Å². The van der Waals surface area contributed by atoms with Gasteiger partial charge < -0.3 is 4.98 Å². The largest absolute Gasteiger partial charge is 0.349 e. The standard InChI is InChI=1S/C11H11Br2N/c1-2-3-9-8-5-4-7(12)6-10(8)14-11(9)13/h4-6,14H,2-3H2,1H3. The number of rotatable bonds is 2. The van der Waals surface area contributed by atoms with E-state index in [2.05, 4.69) is 62.0 Å². The van der Waals surface area contributed by atoms with Crippen molar-refractivity contribution >= 4 is 42.8 Å². The van der Waals surface area contributed by atoms with Crippen LogP contribution in [-0.4, -0.2) is 4.98 Å². The molecule has 0 amide bonds. The van der Waals surface area contributed by atoms with Gasteiger partial charge in [-0.1, -0.05) is 35.3 Å². The van der Waals surface area contributed by atoms with Crippen molar-refractivity contribution in [2.75, 3.05) is 0 Å². The van der Waals surface area contributed by atoms with E-state index in [9.17, 15) is 0 Å². The van der Waals surface area contributed by atoms with Crippen LogP contribution in [0, 0.1) is 0 Å². The first-order valence-electron chi connectivity index (χ1n) is 4.68. The fourth-order valence-electron chi connectivity index (χ4n) is 1.69. The Morgan fingerprint density at radius 2 is 2.07 bits per heavy atom. The normalized spacial score (nSPS) is 11.1. The topological polar surface area (TPSA) is 15.8 Å². The molecule has 0 aliphatic rings. The zero-order chi connectivity index (χ0) is 10.1. The Labute approximate surface area is 100 Å². The van der Waals surface area contributed by atoms with Crippen LogP contribution in [0.2, 0.25) is 0 Å². The number of fused-ring (bicyclic) bond motifs is 1. The quantitative estimate of drug-likeness (QED) is 0.830. The Hall–Kier alpha value is -0.280. The third-order valence-electron chi connectivity index (χ3n) is 2.32. The van der Waals surface area contributed by atoms with Crippen LogP contribution in [0.1, 0.15) is 18.9 Å². The predicted octanol–water partition coefficient (Wildman–Crippen LogP) is 4.65. The molecule has 2 rings (SSSR count). The summed E-state index contributed by atoms with van der Waals surface area (Å²) >= 11 is 7.03. The van der Waals surface area contributed by atoms with Gasteiger partial charge in [-0.3, -0.25) is 0 Å². The van der Waals surface area contributed by atoms with E-state index in [-0.39, 0.29) is 0 Å². The SMILES string of the molecule is CCCc1c(Br)[nH]c2cc(Br)ccc12. The number of aromatic amines is 1. The highest BCUT2D eigenvalue weighted by molar-refractivity contribution is 9.10. The van der Waals surface area contributed by atoms with Crippen molar-refractivity contribution in [3.8, 4) is 0 Å². The van der Waals surface area contributed by atoms with Crippen molar-refractivity contribution in [3.63, 3.8) is 0 Å². The lowest BCUT2D eigenvalue weighted by Gasteiger charge is -1.96. The molecular weight excluding hydrogens is 306 g/mol. The van der Waals surface area contributed by atoms with Gasteiger partial charge >= 0.3 is 0 Å². The van der Waals surface area contributed by atoms with Gasteiger partial charge in [0, 0.05) is 15.4 Å². The minimum atomic E-state index is 1.11. The first kappa shape index (κ1) is 10.2. The molecule has 0 unspecified atom stereocenters. The molecule has 0 saturated carbocycles. The molecule has 0 fully saturated rings. The van der Waals surface area contributed by atoms with Crippen LogP contribution < -0.4 is 0 Å². The number of aryl methyl sites for hydroxylation is 1. The molecule has 1 heterocycles. The molecule has 0 spiro atoms.